The summed E-state index contributed by atoms with van der Waals surface area (Å²) in [6, 6.07) is 2.81. The van der Waals surface area contributed by atoms with Crippen molar-refractivity contribution in [2.75, 3.05) is 13.1 Å². The SMILES string of the molecule is C(=C1/CCCNC1)/c1ccn(C2CCCCC2)n1. The van der Waals surface area contributed by atoms with Crippen LogP contribution in [0.4, 0.5) is 0 Å². The maximum absolute atomic E-state index is 4.74. The van der Waals surface area contributed by atoms with Crippen molar-refractivity contribution in [3.63, 3.8) is 0 Å². The zero-order chi connectivity index (χ0) is 12.2. The summed E-state index contributed by atoms with van der Waals surface area (Å²) in [5.41, 5.74) is 2.63. The van der Waals surface area contributed by atoms with Crippen LogP contribution < -0.4 is 5.32 Å². The van der Waals surface area contributed by atoms with Gasteiger partial charge in [0, 0.05) is 12.7 Å². The summed E-state index contributed by atoms with van der Waals surface area (Å²) in [7, 11) is 0. The van der Waals surface area contributed by atoms with Crippen molar-refractivity contribution >= 4 is 6.08 Å². The monoisotopic (exact) mass is 245 g/mol. The van der Waals surface area contributed by atoms with Gasteiger partial charge in [0.2, 0.25) is 0 Å². The molecule has 18 heavy (non-hydrogen) atoms. The van der Waals surface area contributed by atoms with Crippen molar-refractivity contribution in [3.8, 4) is 0 Å². The molecule has 1 saturated carbocycles. The van der Waals surface area contributed by atoms with Gasteiger partial charge in [0.1, 0.15) is 0 Å². The van der Waals surface area contributed by atoms with Crippen molar-refractivity contribution in [1.29, 1.82) is 0 Å². The van der Waals surface area contributed by atoms with E-state index in [4.69, 9.17) is 5.10 Å². The average Bonchev–Trinajstić information content (AvgIpc) is 2.89. The lowest BCUT2D eigenvalue weighted by molar-refractivity contribution is 0.329. The first-order valence-corrected chi connectivity index (χ1v) is 7.37. The van der Waals surface area contributed by atoms with Crippen LogP contribution in [0.2, 0.25) is 0 Å². The quantitative estimate of drug-likeness (QED) is 0.867. The van der Waals surface area contributed by atoms with Gasteiger partial charge in [0.05, 0.1) is 11.7 Å². The highest BCUT2D eigenvalue weighted by Crippen LogP contribution is 2.27. The molecular formula is C15H23N3. The molecule has 1 N–H and O–H groups in total. The van der Waals surface area contributed by atoms with Gasteiger partial charge >= 0.3 is 0 Å². The molecule has 1 aliphatic carbocycles. The normalized spacial score (nSPS) is 24.6. The Hall–Kier alpha value is -1.09. The van der Waals surface area contributed by atoms with E-state index < -0.39 is 0 Å². The number of hydrogen-bond donors (Lipinski definition) is 1. The fraction of sp³-hybridized carbons (Fsp3) is 0.667. The molecule has 1 aromatic heterocycles. The Bertz CT molecular complexity index is 405. The molecule has 2 fully saturated rings. The molecule has 1 aliphatic heterocycles. The molecule has 0 spiro atoms. The van der Waals surface area contributed by atoms with Crippen LogP contribution in [0.5, 0.6) is 0 Å². The van der Waals surface area contributed by atoms with Crippen molar-refractivity contribution in [2.45, 2.75) is 51.0 Å². The minimum atomic E-state index is 0.649. The summed E-state index contributed by atoms with van der Waals surface area (Å²) in [5, 5.41) is 8.16. The van der Waals surface area contributed by atoms with Crippen LogP contribution >= 0.6 is 0 Å². The van der Waals surface area contributed by atoms with Crippen LogP contribution in [0.15, 0.2) is 17.8 Å². The lowest BCUT2D eigenvalue weighted by atomic mass is 9.96. The fourth-order valence-electron chi connectivity index (χ4n) is 3.09. The maximum atomic E-state index is 4.74. The van der Waals surface area contributed by atoms with Crippen molar-refractivity contribution in [3.05, 3.63) is 23.5 Å². The molecule has 0 bridgehead atoms. The summed E-state index contributed by atoms with van der Waals surface area (Å²) in [5.74, 6) is 0. The summed E-state index contributed by atoms with van der Waals surface area (Å²) >= 11 is 0. The molecule has 0 unspecified atom stereocenters. The predicted octanol–water partition coefficient (Wildman–Crippen LogP) is 3.16. The molecule has 0 aromatic carbocycles. The van der Waals surface area contributed by atoms with Crippen LogP contribution in [0.3, 0.4) is 0 Å². The first-order chi connectivity index (χ1) is 8.92. The van der Waals surface area contributed by atoms with E-state index in [1.807, 2.05) is 0 Å². The van der Waals surface area contributed by atoms with Crippen molar-refractivity contribution < 1.29 is 0 Å². The minimum Gasteiger partial charge on any atom is -0.313 e. The first-order valence-electron chi connectivity index (χ1n) is 7.37. The highest BCUT2D eigenvalue weighted by Gasteiger charge is 2.15. The summed E-state index contributed by atoms with van der Waals surface area (Å²) in [6.07, 6.45) is 13.7. The van der Waals surface area contributed by atoms with Crippen LogP contribution in [0.1, 0.15) is 56.7 Å². The van der Waals surface area contributed by atoms with Gasteiger partial charge in [-0.25, -0.2) is 0 Å². The molecule has 3 nitrogen and oxygen atoms in total. The molecule has 98 valence electrons. The summed E-state index contributed by atoms with van der Waals surface area (Å²) in [6.45, 7) is 2.20. The molecule has 1 aromatic rings. The molecule has 1 saturated heterocycles. The van der Waals surface area contributed by atoms with Gasteiger partial charge in [-0.1, -0.05) is 24.8 Å². The van der Waals surface area contributed by atoms with Gasteiger partial charge in [-0.2, -0.15) is 5.10 Å². The van der Waals surface area contributed by atoms with Gasteiger partial charge in [0.25, 0.3) is 0 Å². The molecule has 3 rings (SSSR count). The van der Waals surface area contributed by atoms with E-state index in [0.717, 1.165) is 18.8 Å². The molecule has 0 radical (unpaired) electrons. The van der Waals surface area contributed by atoms with Gasteiger partial charge in [-0.3, -0.25) is 4.68 Å². The average molecular weight is 245 g/mol. The number of nitrogens with one attached hydrogen (secondary N) is 1. The largest absolute Gasteiger partial charge is 0.313 e. The number of aromatic nitrogens is 2. The van der Waals surface area contributed by atoms with E-state index in [1.54, 1.807) is 0 Å². The Morgan fingerprint density at radius 3 is 2.89 bits per heavy atom. The molecule has 0 amide bonds. The van der Waals surface area contributed by atoms with Crippen LogP contribution in [0, 0.1) is 0 Å². The summed E-state index contributed by atoms with van der Waals surface area (Å²) < 4.78 is 2.20. The van der Waals surface area contributed by atoms with Crippen LogP contribution in [-0.2, 0) is 0 Å². The van der Waals surface area contributed by atoms with Gasteiger partial charge < -0.3 is 5.32 Å². The number of piperidine rings is 1. The standard InChI is InChI=1S/C15H23N3/c1-2-6-15(7-3-1)18-10-8-14(17-18)11-13-5-4-9-16-12-13/h8,10-11,15-16H,1-7,9,12H2/b13-11+. The lowest BCUT2D eigenvalue weighted by Crippen LogP contribution is -2.23. The minimum absolute atomic E-state index is 0.649. The fourth-order valence-corrected chi connectivity index (χ4v) is 3.09. The number of hydrogen-bond acceptors (Lipinski definition) is 2. The molecule has 2 aliphatic rings. The predicted molar refractivity (Wildman–Crippen MR) is 74.4 cm³/mol. The molecule has 0 atom stereocenters. The van der Waals surface area contributed by atoms with Gasteiger partial charge in [0.15, 0.2) is 0 Å². The van der Waals surface area contributed by atoms with Crippen LogP contribution in [-0.4, -0.2) is 22.9 Å². The summed E-state index contributed by atoms with van der Waals surface area (Å²) in [4.78, 5) is 0. The van der Waals surface area contributed by atoms with E-state index in [-0.39, 0.29) is 0 Å². The smallest absolute Gasteiger partial charge is 0.0851 e. The van der Waals surface area contributed by atoms with Crippen LogP contribution in [0.25, 0.3) is 6.08 Å². The number of rotatable bonds is 2. The van der Waals surface area contributed by atoms with E-state index in [0.29, 0.717) is 6.04 Å². The van der Waals surface area contributed by atoms with Crippen molar-refractivity contribution in [2.24, 2.45) is 0 Å². The Kier molecular flexibility index (Phi) is 3.79. The second-order valence-corrected chi connectivity index (χ2v) is 5.60. The Morgan fingerprint density at radius 2 is 2.11 bits per heavy atom. The highest BCUT2D eigenvalue weighted by atomic mass is 15.3. The van der Waals surface area contributed by atoms with Crippen molar-refractivity contribution in [1.82, 2.24) is 15.1 Å². The Morgan fingerprint density at radius 1 is 1.22 bits per heavy atom. The topological polar surface area (TPSA) is 29.9 Å². The van der Waals surface area contributed by atoms with E-state index in [9.17, 15) is 0 Å². The van der Waals surface area contributed by atoms with Gasteiger partial charge in [-0.05, 0) is 44.4 Å². The third kappa shape index (κ3) is 2.83. The van der Waals surface area contributed by atoms with Gasteiger partial charge in [-0.15, -0.1) is 0 Å². The Labute approximate surface area is 109 Å². The van der Waals surface area contributed by atoms with E-state index in [1.165, 1.54) is 50.5 Å². The lowest BCUT2D eigenvalue weighted by Gasteiger charge is -2.21. The zero-order valence-electron chi connectivity index (χ0n) is 11.1. The molecule has 3 heteroatoms. The number of nitrogens with zero attached hydrogens (tertiary/aromatic N) is 2. The Balaban J connectivity index is 1.68. The third-order valence-electron chi connectivity index (χ3n) is 4.13. The van der Waals surface area contributed by atoms with E-state index in [2.05, 4.69) is 28.3 Å². The zero-order valence-corrected chi connectivity index (χ0v) is 11.1. The molecular weight excluding hydrogens is 222 g/mol. The second-order valence-electron chi connectivity index (χ2n) is 5.60. The van der Waals surface area contributed by atoms with E-state index >= 15 is 0 Å². The highest BCUT2D eigenvalue weighted by molar-refractivity contribution is 5.49. The molecule has 2 heterocycles. The first kappa shape index (κ1) is 12.0. The second kappa shape index (κ2) is 5.70. The third-order valence-corrected chi connectivity index (χ3v) is 4.13. The maximum Gasteiger partial charge on any atom is 0.0851 e.